The molecule has 1 aliphatic heterocycles. The number of halogens is 2. The van der Waals surface area contributed by atoms with E-state index < -0.39 is 0 Å². The summed E-state index contributed by atoms with van der Waals surface area (Å²) in [5, 5.41) is 12.7. The Morgan fingerprint density at radius 1 is 1.21 bits per heavy atom. The molecule has 2 N–H and O–H groups in total. The molecular weight excluding hydrogens is 407 g/mol. The molecule has 3 rings (SSSR count). The molecular formula is C21H30Cl2N6. The van der Waals surface area contributed by atoms with Crippen LogP contribution in [0.15, 0.2) is 23.2 Å². The van der Waals surface area contributed by atoms with E-state index in [4.69, 9.17) is 23.2 Å². The van der Waals surface area contributed by atoms with Gasteiger partial charge in [-0.3, -0.25) is 14.6 Å². The van der Waals surface area contributed by atoms with Crippen molar-refractivity contribution in [2.75, 3.05) is 20.1 Å². The first kappa shape index (κ1) is 21.9. The SMILES string of the molecule is CN=C(NCc1c(C)nn(C)c1C)NC1CCN(Cc2ccc(Cl)c(Cl)c2)CC1. The molecule has 2 heterocycles. The Balaban J connectivity index is 1.47. The molecule has 1 aromatic heterocycles. The molecule has 0 spiro atoms. The molecule has 0 radical (unpaired) electrons. The Labute approximate surface area is 183 Å². The average Bonchev–Trinajstić information content (AvgIpc) is 2.94. The average molecular weight is 437 g/mol. The summed E-state index contributed by atoms with van der Waals surface area (Å²) in [7, 11) is 3.79. The third-order valence-corrected chi connectivity index (χ3v) is 6.37. The molecule has 6 nitrogen and oxygen atoms in total. The van der Waals surface area contributed by atoms with Gasteiger partial charge in [0, 0.05) is 57.6 Å². The van der Waals surface area contributed by atoms with E-state index in [9.17, 15) is 0 Å². The largest absolute Gasteiger partial charge is 0.354 e. The molecule has 29 heavy (non-hydrogen) atoms. The van der Waals surface area contributed by atoms with Gasteiger partial charge in [-0.1, -0.05) is 29.3 Å². The zero-order chi connectivity index (χ0) is 21.0. The predicted octanol–water partition coefficient (Wildman–Crippen LogP) is 3.67. The maximum atomic E-state index is 6.14. The van der Waals surface area contributed by atoms with Gasteiger partial charge in [-0.2, -0.15) is 5.10 Å². The van der Waals surface area contributed by atoms with Gasteiger partial charge in [-0.15, -0.1) is 0 Å². The smallest absolute Gasteiger partial charge is 0.191 e. The summed E-state index contributed by atoms with van der Waals surface area (Å²) in [4.78, 5) is 6.85. The summed E-state index contributed by atoms with van der Waals surface area (Å²) < 4.78 is 1.92. The first-order valence-electron chi connectivity index (χ1n) is 10.00. The highest BCUT2D eigenvalue weighted by Gasteiger charge is 2.20. The van der Waals surface area contributed by atoms with Crippen molar-refractivity contribution in [1.29, 1.82) is 0 Å². The lowest BCUT2D eigenvalue weighted by Gasteiger charge is -2.33. The number of guanidine groups is 1. The summed E-state index contributed by atoms with van der Waals surface area (Å²) in [6, 6.07) is 6.30. The van der Waals surface area contributed by atoms with Gasteiger partial charge in [0.15, 0.2) is 5.96 Å². The van der Waals surface area contributed by atoms with Crippen LogP contribution in [0.3, 0.4) is 0 Å². The Morgan fingerprint density at radius 2 is 1.93 bits per heavy atom. The van der Waals surface area contributed by atoms with E-state index in [1.807, 2.05) is 43.9 Å². The highest BCUT2D eigenvalue weighted by atomic mass is 35.5. The van der Waals surface area contributed by atoms with Gasteiger partial charge in [0.05, 0.1) is 15.7 Å². The van der Waals surface area contributed by atoms with Crippen LogP contribution in [-0.4, -0.2) is 46.8 Å². The van der Waals surface area contributed by atoms with Crippen LogP contribution >= 0.6 is 23.2 Å². The number of likely N-dealkylation sites (tertiary alicyclic amines) is 1. The quantitative estimate of drug-likeness (QED) is 0.554. The molecule has 1 saturated heterocycles. The second kappa shape index (κ2) is 9.83. The maximum Gasteiger partial charge on any atom is 0.191 e. The lowest BCUT2D eigenvalue weighted by atomic mass is 10.0. The maximum absolute atomic E-state index is 6.14. The summed E-state index contributed by atoms with van der Waals surface area (Å²) in [5.74, 6) is 0.843. The van der Waals surface area contributed by atoms with Gasteiger partial charge in [0.25, 0.3) is 0 Å². The van der Waals surface area contributed by atoms with Crippen LogP contribution in [-0.2, 0) is 20.1 Å². The van der Waals surface area contributed by atoms with Crippen molar-refractivity contribution in [3.05, 3.63) is 50.8 Å². The molecule has 0 amide bonds. The van der Waals surface area contributed by atoms with Gasteiger partial charge in [-0.05, 0) is 44.4 Å². The van der Waals surface area contributed by atoms with Crippen molar-refractivity contribution in [3.8, 4) is 0 Å². The van der Waals surface area contributed by atoms with Crippen LogP contribution in [0.2, 0.25) is 10.0 Å². The van der Waals surface area contributed by atoms with Gasteiger partial charge >= 0.3 is 0 Å². The number of rotatable bonds is 5. The number of benzene rings is 1. The molecule has 2 aromatic rings. The van der Waals surface area contributed by atoms with Gasteiger partial charge < -0.3 is 10.6 Å². The van der Waals surface area contributed by atoms with Crippen molar-refractivity contribution in [2.24, 2.45) is 12.0 Å². The number of aryl methyl sites for hydroxylation is 2. The number of aromatic nitrogens is 2. The number of aliphatic imine (C=N–C) groups is 1. The summed E-state index contributed by atoms with van der Waals surface area (Å²) in [6.07, 6.45) is 2.15. The molecule has 0 saturated carbocycles. The van der Waals surface area contributed by atoms with Crippen LogP contribution in [0, 0.1) is 13.8 Å². The second-order valence-electron chi connectivity index (χ2n) is 7.64. The first-order chi connectivity index (χ1) is 13.9. The van der Waals surface area contributed by atoms with Gasteiger partial charge in [0.1, 0.15) is 0 Å². The van der Waals surface area contributed by atoms with E-state index in [0.717, 1.165) is 50.7 Å². The van der Waals surface area contributed by atoms with Crippen LogP contribution in [0.4, 0.5) is 0 Å². The lowest BCUT2D eigenvalue weighted by molar-refractivity contribution is 0.198. The number of hydrogen-bond acceptors (Lipinski definition) is 3. The van der Waals surface area contributed by atoms with Crippen LogP contribution in [0.1, 0.15) is 35.4 Å². The van der Waals surface area contributed by atoms with Gasteiger partial charge in [-0.25, -0.2) is 0 Å². The fourth-order valence-electron chi connectivity index (χ4n) is 3.77. The number of piperidine rings is 1. The Hall–Kier alpha value is -1.76. The van der Waals surface area contributed by atoms with Crippen molar-refractivity contribution in [2.45, 2.75) is 45.8 Å². The lowest BCUT2D eigenvalue weighted by Crippen LogP contribution is -2.48. The van der Waals surface area contributed by atoms with E-state index in [-0.39, 0.29) is 0 Å². The van der Waals surface area contributed by atoms with Crippen LogP contribution in [0.25, 0.3) is 0 Å². The fraction of sp³-hybridized carbons (Fsp3) is 0.524. The van der Waals surface area contributed by atoms with Crippen LogP contribution in [0.5, 0.6) is 0 Å². The van der Waals surface area contributed by atoms with E-state index in [0.29, 0.717) is 16.1 Å². The molecule has 8 heteroatoms. The number of nitrogens with one attached hydrogen (secondary N) is 2. The Bertz CT molecular complexity index is 868. The minimum Gasteiger partial charge on any atom is -0.354 e. The molecule has 158 valence electrons. The van der Waals surface area contributed by atoms with E-state index in [1.165, 1.54) is 16.8 Å². The minimum absolute atomic E-state index is 0.419. The topological polar surface area (TPSA) is 57.5 Å². The summed E-state index contributed by atoms with van der Waals surface area (Å²) >= 11 is 12.1. The zero-order valence-electron chi connectivity index (χ0n) is 17.6. The monoisotopic (exact) mass is 436 g/mol. The number of hydrogen-bond donors (Lipinski definition) is 2. The molecule has 0 unspecified atom stereocenters. The normalized spacial score (nSPS) is 16.3. The third-order valence-electron chi connectivity index (χ3n) is 5.63. The van der Waals surface area contributed by atoms with E-state index in [1.54, 1.807) is 0 Å². The Kier molecular flexibility index (Phi) is 7.44. The van der Waals surface area contributed by atoms with E-state index in [2.05, 4.69) is 32.5 Å². The summed E-state index contributed by atoms with van der Waals surface area (Å²) in [6.45, 7) is 7.84. The highest BCUT2D eigenvalue weighted by molar-refractivity contribution is 6.42. The second-order valence-corrected chi connectivity index (χ2v) is 8.46. The van der Waals surface area contributed by atoms with Crippen molar-refractivity contribution in [3.63, 3.8) is 0 Å². The first-order valence-corrected chi connectivity index (χ1v) is 10.8. The fourth-order valence-corrected chi connectivity index (χ4v) is 4.09. The highest BCUT2D eigenvalue weighted by Crippen LogP contribution is 2.24. The molecule has 0 atom stereocenters. The molecule has 0 aliphatic carbocycles. The molecule has 0 bridgehead atoms. The molecule has 1 aliphatic rings. The molecule has 1 fully saturated rings. The van der Waals surface area contributed by atoms with Crippen LogP contribution < -0.4 is 10.6 Å². The third kappa shape index (κ3) is 5.65. The van der Waals surface area contributed by atoms with E-state index >= 15 is 0 Å². The minimum atomic E-state index is 0.419. The summed E-state index contributed by atoms with van der Waals surface area (Å²) in [5.41, 5.74) is 4.67. The zero-order valence-corrected chi connectivity index (χ0v) is 19.1. The van der Waals surface area contributed by atoms with Crippen molar-refractivity contribution in [1.82, 2.24) is 25.3 Å². The number of nitrogens with zero attached hydrogens (tertiary/aromatic N) is 4. The standard InChI is InChI=1S/C21H30Cl2N6/c1-14-18(15(2)28(4)27-14)12-25-21(24-3)26-17-7-9-29(10-8-17)13-16-5-6-19(22)20(23)11-16/h5-6,11,17H,7-10,12-13H2,1-4H3,(H2,24,25,26). The van der Waals surface area contributed by atoms with Crippen molar-refractivity contribution >= 4 is 29.2 Å². The van der Waals surface area contributed by atoms with Crippen molar-refractivity contribution < 1.29 is 0 Å². The van der Waals surface area contributed by atoms with Gasteiger partial charge in [0.2, 0.25) is 0 Å². The Morgan fingerprint density at radius 3 is 2.52 bits per heavy atom. The molecule has 1 aromatic carbocycles. The predicted molar refractivity (Wildman–Crippen MR) is 121 cm³/mol.